The maximum Gasteiger partial charge on any atom is 0.273 e. The molecule has 0 saturated carbocycles. The standard InChI is InChI=1S/C25H20N8O2/c1-2-31-24(35)18(14-26)23(28-25(31)33-21(34)13-20(27)29-33)19-15-32(17-11-7-4-8-12-17)30-22(19)16-9-5-3-6-10-16/h3-12,15H,2,13H2,1H3,(H2,27,29). The molecule has 10 nitrogen and oxygen atoms in total. The Balaban J connectivity index is 1.81. The van der Waals surface area contributed by atoms with Gasteiger partial charge in [-0.1, -0.05) is 48.5 Å². The van der Waals surface area contributed by atoms with Crippen molar-refractivity contribution in [1.29, 1.82) is 5.26 Å². The van der Waals surface area contributed by atoms with E-state index in [-0.39, 0.29) is 36.0 Å². The van der Waals surface area contributed by atoms with E-state index in [1.807, 2.05) is 66.7 Å². The third kappa shape index (κ3) is 3.75. The highest BCUT2D eigenvalue weighted by molar-refractivity contribution is 6.11. The molecular formula is C25H20N8O2. The minimum Gasteiger partial charge on any atom is -0.385 e. The van der Waals surface area contributed by atoms with E-state index < -0.39 is 11.5 Å². The number of nitrogens with two attached hydrogens (primary N) is 1. The lowest BCUT2D eigenvalue weighted by Crippen LogP contribution is -2.33. The van der Waals surface area contributed by atoms with Crippen molar-refractivity contribution in [3.8, 4) is 34.3 Å². The van der Waals surface area contributed by atoms with Crippen molar-refractivity contribution < 1.29 is 4.79 Å². The lowest BCUT2D eigenvalue weighted by molar-refractivity contribution is -0.117. The molecule has 2 aromatic heterocycles. The number of carbonyl (C=O) groups excluding carboxylic acids is 1. The quantitative estimate of drug-likeness (QED) is 0.482. The van der Waals surface area contributed by atoms with E-state index in [1.54, 1.807) is 17.8 Å². The van der Waals surface area contributed by atoms with Crippen LogP contribution in [0.15, 0.2) is 76.8 Å². The van der Waals surface area contributed by atoms with Gasteiger partial charge in [0, 0.05) is 23.9 Å². The summed E-state index contributed by atoms with van der Waals surface area (Å²) in [4.78, 5) is 30.5. The number of hydrazone groups is 1. The van der Waals surface area contributed by atoms with Gasteiger partial charge in [-0.3, -0.25) is 14.2 Å². The summed E-state index contributed by atoms with van der Waals surface area (Å²) in [5.74, 6) is -0.279. The number of hydrogen-bond acceptors (Lipinski definition) is 7. The molecule has 2 aromatic carbocycles. The van der Waals surface area contributed by atoms with Crippen molar-refractivity contribution in [1.82, 2.24) is 19.3 Å². The van der Waals surface area contributed by atoms with Gasteiger partial charge in [0.1, 0.15) is 28.9 Å². The molecule has 0 aliphatic carbocycles. The fourth-order valence-corrected chi connectivity index (χ4v) is 3.96. The first-order chi connectivity index (χ1) is 17.0. The van der Waals surface area contributed by atoms with E-state index >= 15 is 0 Å². The third-order valence-electron chi connectivity index (χ3n) is 5.60. The fourth-order valence-electron chi connectivity index (χ4n) is 3.96. The van der Waals surface area contributed by atoms with Gasteiger partial charge in [-0.15, -0.1) is 5.10 Å². The minimum atomic E-state index is -0.574. The summed E-state index contributed by atoms with van der Waals surface area (Å²) in [5, 5.41) is 19.8. The Kier molecular flexibility index (Phi) is 5.43. The van der Waals surface area contributed by atoms with E-state index in [0.717, 1.165) is 16.3 Å². The van der Waals surface area contributed by atoms with Crippen LogP contribution in [0.3, 0.4) is 0 Å². The summed E-state index contributed by atoms with van der Waals surface area (Å²) in [6.45, 7) is 1.91. The van der Waals surface area contributed by atoms with Crippen LogP contribution in [-0.4, -0.2) is 31.1 Å². The van der Waals surface area contributed by atoms with Crippen molar-refractivity contribution >= 4 is 17.7 Å². The van der Waals surface area contributed by atoms with Gasteiger partial charge in [-0.05, 0) is 19.1 Å². The highest BCUT2D eigenvalue weighted by Gasteiger charge is 2.30. The molecule has 1 amide bonds. The molecule has 0 fully saturated rings. The Bertz CT molecular complexity index is 1560. The predicted molar refractivity (Wildman–Crippen MR) is 131 cm³/mol. The number of benzene rings is 2. The van der Waals surface area contributed by atoms with Gasteiger partial charge in [0.2, 0.25) is 5.95 Å². The van der Waals surface area contributed by atoms with Crippen LogP contribution < -0.4 is 16.3 Å². The van der Waals surface area contributed by atoms with Gasteiger partial charge < -0.3 is 5.73 Å². The maximum absolute atomic E-state index is 13.4. The number of hydrogen-bond donors (Lipinski definition) is 1. The van der Waals surface area contributed by atoms with Crippen LogP contribution in [0.2, 0.25) is 0 Å². The molecule has 0 saturated heterocycles. The van der Waals surface area contributed by atoms with Crippen LogP contribution in [0.25, 0.3) is 28.2 Å². The first-order valence-electron chi connectivity index (χ1n) is 10.9. The number of carbonyl (C=O) groups is 1. The van der Waals surface area contributed by atoms with Crippen molar-refractivity contribution in [3.05, 3.63) is 82.8 Å². The number of aromatic nitrogens is 4. The van der Waals surface area contributed by atoms with Crippen LogP contribution in [0.5, 0.6) is 0 Å². The number of amidine groups is 1. The lowest BCUT2D eigenvalue weighted by atomic mass is 10.0. The summed E-state index contributed by atoms with van der Waals surface area (Å²) in [7, 11) is 0. The van der Waals surface area contributed by atoms with E-state index in [9.17, 15) is 14.9 Å². The molecule has 0 atom stereocenters. The van der Waals surface area contributed by atoms with Gasteiger partial charge in [0.15, 0.2) is 0 Å². The predicted octanol–water partition coefficient (Wildman–Crippen LogP) is 2.66. The Hall–Kier alpha value is -5.04. The Morgan fingerprint density at radius 2 is 1.71 bits per heavy atom. The largest absolute Gasteiger partial charge is 0.385 e. The SMILES string of the molecule is CCn1c(N2N=C(N)CC2=O)nc(-c2cn(-c3ccccc3)nc2-c2ccccc2)c(C#N)c1=O. The molecule has 1 aliphatic heterocycles. The fraction of sp³-hybridized carbons (Fsp3) is 0.120. The molecule has 3 heterocycles. The van der Waals surface area contributed by atoms with Gasteiger partial charge in [-0.2, -0.15) is 15.4 Å². The van der Waals surface area contributed by atoms with Crippen LogP contribution in [0.1, 0.15) is 18.9 Å². The van der Waals surface area contributed by atoms with Crippen LogP contribution >= 0.6 is 0 Å². The van der Waals surface area contributed by atoms with E-state index in [4.69, 9.17) is 10.8 Å². The molecule has 10 heteroatoms. The molecule has 35 heavy (non-hydrogen) atoms. The summed E-state index contributed by atoms with van der Waals surface area (Å²) in [5.41, 5.74) is 7.74. The monoisotopic (exact) mass is 464 g/mol. The van der Waals surface area contributed by atoms with Gasteiger partial charge in [0.05, 0.1) is 12.1 Å². The molecular weight excluding hydrogens is 444 g/mol. The molecule has 4 aromatic rings. The molecule has 0 spiro atoms. The number of para-hydroxylation sites is 1. The summed E-state index contributed by atoms with van der Waals surface area (Å²) < 4.78 is 2.91. The first-order valence-corrected chi connectivity index (χ1v) is 10.9. The van der Waals surface area contributed by atoms with Crippen LogP contribution in [0, 0.1) is 11.3 Å². The number of nitriles is 1. The molecule has 172 valence electrons. The smallest absolute Gasteiger partial charge is 0.273 e. The van der Waals surface area contributed by atoms with Crippen molar-refractivity contribution in [2.24, 2.45) is 10.8 Å². The van der Waals surface area contributed by atoms with E-state index in [0.29, 0.717) is 11.3 Å². The topological polar surface area (TPSA) is 135 Å². The lowest BCUT2D eigenvalue weighted by Gasteiger charge is -2.17. The second kappa shape index (κ2) is 8.72. The molecule has 1 aliphatic rings. The van der Waals surface area contributed by atoms with E-state index in [2.05, 4.69) is 10.1 Å². The average molecular weight is 464 g/mol. The van der Waals surface area contributed by atoms with Crippen molar-refractivity contribution in [3.63, 3.8) is 0 Å². The normalized spacial score (nSPS) is 13.1. The summed E-state index contributed by atoms with van der Waals surface area (Å²) >= 11 is 0. The number of rotatable bonds is 5. The second-order valence-electron chi connectivity index (χ2n) is 7.81. The van der Waals surface area contributed by atoms with Crippen molar-refractivity contribution in [2.75, 3.05) is 5.01 Å². The van der Waals surface area contributed by atoms with Gasteiger partial charge >= 0.3 is 0 Å². The van der Waals surface area contributed by atoms with E-state index in [1.165, 1.54) is 4.57 Å². The van der Waals surface area contributed by atoms with Crippen molar-refractivity contribution in [2.45, 2.75) is 19.9 Å². The summed E-state index contributed by atoms with van der Waals surface area (Å²) in [6.07, 6.45) is 1.65. The second-order valence-corrected chi connectivity index (χ2v) is 7.81. The zero-order valence-electron chi connectivity index (χ0n) is 18.8. The Morgan fingerprint density at radius 3 is 2.31 bits per heavy atom. The van der Waals surface area contributed by atoms with Crippen LogP contribution in [0.4, 0.5) is 5.95 Å². The third-order valence-corrected chi connectivity index (χ3v) is 5.60. The minimum absolute atomic E-state index is 0.00317. The zero-order chi connectivity index (χ0) is 24.5. The number of nitrogens with zero attached hydrogens (tertiary/aromatic N) is 7. The average Bonchev–Trinajstić information content (AvgIpc) is 3.47. The molecule has 0 radical (unpaired) electrons. The number of amides is 1. The zero-order valence-corrected chi connectivity index (χ0v) is 18.8. The molecule has 0 bridgehead atoms. The highest BCUT2D eigenvalue weighted by Crippen LogP contribution is 2.33. The van der Waals surface area contributed by atoms with Crippen LogP contribution in [-0.2, 0) is 11.3 Å². The molecule has 2 N–H and O–H groups in total. The first kappa shape index (κ1) is 21.8. The highest BCUT2D eigenvalue weighted by atomic mass is 16.2. The number of anilines is 1. The molecule has 0 unspecified atom stereocenters. The van der Waals surface area contributed by atoms with Gasteiger partial charge in [-0.25, -0.2) is 9.67 Å². The maximum atomic E-state index is 13.4. The Morgan fingerprint density at radius 1 is 1.03 bits per heavy atom. The Labute approximate surface area is 200 Å². The van der Waals surface area contributed by atoms with Gasteiger partial charge in [0.25, 0.3) is 11.5 Å². The summed E-state index contributed by atoms with van der Waals surface area (Å²) in [6, 6.07) is 20.9. The molecule has 5 rings (SSSR count).